The van der Waals surface area contributed by atoms with Gasteiger partial charge in [0.1, 0.15) is 4.21 Å². The fourth-order valence-corrected chi connectivity index (χ4v) is 5.52. The number of rotatable bonds is 2. The summed E-state index contributed by atoms with van der Waals surface area (Å²) in [5.41, 5.74) is 6.68. The Labute approximate surface area is 106 Å². The predicted octanol–water partition coefficient (Wildman–Crippen LogP) is 1.48. The predicted molar refractivity (Wildman–Crippen MR) is 69.8 cm³/mol. The number of hydrogen-bond acceptors (Lipinski definition) is 4. The fraction of sp³-hybridized carbons (Fsp3) is 0.636. The molecular formula is C11H18N2O2S2. The molecule has 2 rings (SSSR count). The zero-order valence-electron chi connectivity index (χ0n) is 10.1. The lowest BCUT2D eigenvalue weighted by Gasteiger charge is -2.29. The molecule has 1 atom stereocenters. The standard InChI is InChI=1S/C11H18N2O2S2/c1-8-6-9(2)16-11(8)17(14,15)13-5-3-4-10(12)7-13/h6,10H,3-5,7,12H2,1-2H3/t10-/m1/s1. The summed E-state index contributed by atoms with van der Waals surface area (Å²) in [6.07, 6.45) is 1.76. The second kappa shape index (κ2) is 4.68. The number of hydrogen-bond donors (Lipinski definition) is 1. The van der Waals surface area contributed by atoms with Gasteiger partial charge in [-0.3, -0.25) is 0 Å². The fourth-order valence-electron chi connectivity index (χ4n) is 2.19. The van der Waals surface area contributed by atoms with Crippen LogP contribution in [0.3, 0.4) is 0 Å². The molecule has 0 saturated carbocycles. The quantitative estimate of drug-likeness (QED) is 0.888. The number of nitrogens with zero attached hydrogens (tertiary/aromatic N) is 1. The average Bonchev–Trinajstić information content (AvgIpc) is 2.58. The molecule has 0 bridgehead atoms. The van der Waals surface area contributed by atoms with Crippen molar-refractivity contribution in [2.45, 2.75) is 36.9 Å². The second-order valence-corrected chi connectivity index (χ2v) is 7.98. The van der Waals surface area contributed by atoms with Crippen LogP contribution in [0.25, 0.3) is 0 Å². The Bertz CT molecular complexity index is 508. The summed E-state index contributed by atoms with van der Waals surface area (Å²) in [7, 11) is -3.33. The minimum atomic E-state index is -3.33. The molecule has 1 aliphatic rings. The van der Waals surface area contributed by atoms with Gasteiger partial charge >= 0.3 is 0 Å². The molecular weight excluding hydrogens is 256 g/mol. The van der Waals surface area contributed by atoms with Crippen molar-refractivity contribution in [3.05, 3.63) is 16.5 Å². The molecule has 0 amide bonds. The van der Waals surface area contributed by atoms with Crippen LogP contribution in [0.2, 0.25) is 0 Å². The lowest BCUT2D eigenvalue weighted by Crippen LogP contribution is -2.45. The summed E-state index contributed by atoms with van der Waals surface area (Å²) in [4.78, 5) is 1.03. The van der Waals surface area contributed by atoms with Crippen molar-refractivity contribution in [2.24, 2.45) is 5.73 Å². The van der Waals surface area contributed by atoms with E-state index in [-0.39, 0.29) is 6.04 Å². The molecule has 4 nitrogen and oxygen atoms in total. The van der Waals surface area contributed by atoms with E-state index < -0.39 is 10.0 Å². The van der Waals surface area contributed by atoms with E-state index in [2.05, 4.69) is 0 Å². The van der Waals surface area contributed by atoms with Gasteiger partial charge in [-0.2, -0.15) is 4.31 Å². The van der Waals surface area contributed by atoms with Gasteiger partial charge in [-0.1, -0.05) is 0 Å². The molecule has 1 aromatic rings. The maximum absolute atomic E-state index is 12.4. The molecule has 0 aromatic carbocycles. The van der Waals surface area contributed by atoms with Gasteiger partial charge in [-0.05, 0) is 38.3 Å². The van der Waals surface area contributed by atoms with Crippen molar-refractivity contribution in [1.29, 1.82) is 0 Å². The minimum absolute atomic E-state index is 0.0279. The monoisotopic (exact) mass is 274 g/mol. The van der Waals surface area contributed by atoms with Gasteiger partial charge in [0.25, 0.3) is 10.0 Å². The molecule has 1 aromatic heterocycles. The zero-order valence-corrected chi connectivity index (χ0v) is 11.8. The highest BCUT2D eigenvalue weighted by Crippen LogP contribution is 2.30. The maximum atomic E-state index is 12.4. The van der Waals surface area contributed by atoms with Crippen molar-refractivity contribution in [3.8, 4) is 0 Å². The number of aryl methyl sites for hydroxylation is 2. The molecule has 2 heterocycles. The highest BCUT2D eigenvalue weighted by atomic mass is 32.2. The third kappa shape index (κ3) is 2.54. The van der Waals surface area contributed by atoms with Crippen LogP contribution in [0.4, 0.5) is 0 Å². The molecule has 0 aliphatic carbocycles. The van der Waals surface area contributed by atoms with Crippen LogP contribution in [-0.4, -0.2) is 31.9 Å². The maximum Gasteiger partial charge on any atom is 0.252 e. The Morgan fingerprint density at radius 3 is 2.71 bits per heavy atom. The number of piperidine rings is 1. The first-order valence-electron chi connectivity index (χ1n) is 5.74. The highest BCUT2D eigenvalue weighted by Gasteiger charge is 2.31. The molecule has 2 N–H and O–H groups in total. The molecule has 96 valence electrons. The van der Waals surface area contributed by atoms with Crippen molar-refractivity contribution in [1.82, 2.24) is 4.31 Å². The Kier molecular flexibility index (Phi) is 3.58. The SMILES string of the molecule is Cc1cc(C)c(S(=O)(=O)N2CCC[C@@H](N)C2)s1. The van der Waals surface area contributed by atoms with Gasteiger partial charge < -0.3 is 5.73 Å². The lowest BCUT2D eigenvalue weighted by atomic mass is 10.1. The summed E-state index contributed by atoms with van der Waals surface area (Å²) in [5.74, 6) is 0. The lowest BCUT2D eigenvalue weighted by molar-refractivity contribution is 0.316. The zero-order chi connectivity index (χ0) is 12.6. The van der Waals surface area contributed by atoms with Crippen LogP contribution in [0.5, 0.6) is 0 Å². The van der Waals surface area contributed by atoms with E-state index in [0.717, 1.165) is 23.3 Å². The van der Waals surface area contributed by atoms with E-state index in [1.165, 1.54) is 15.6 Å². The summed E-state index contributed by atoms with van der Waals surface area (Å²) in [5, 5.41) is 0. The first kappa shape index (κ1) is 13.0. The molecule has 1 saturated heterocycles. The normalized spacial score (nSPS) is 22.9. The molecule has 0 unspecified atom stereocenters. The number of nitrogens with two attached hydrogens (primary N) is 1. The van der Waals surface area contributed by atoms with E-state index in [1.54, 1.807) is 0 Å². The summed E-state index contributed by atoms with van der Waals surface area (Å²) >= 11 is 1.35. The number of sulfonamides is 1. The Hall–Kier alpha value is -0.430. The summed E-state index contributed by atoms with van der Waals surface area (Å²) < 4.78 is 26.9. The Morgan fingerprint density at radius 2 is 2.18 bits per heavy atom. The van der Waals surface area contributed by atoms with Gasteiger partial charge in [0.15, 0.2) is 0 Å². The summed E-state index contributed by atoms with van der Waals surface area (Å²) in [6, 6.07) is 1.89. The van der Waals surface area contributed by atoms with E-state index in [9.17, 15) is 8.42 Å². The largest absolute Gasteiger partial charge is 0.327 e. The van der Waals surface area contributed by atoms with Gasteiger partial charge in [-0.15, -0.1) is 11.3 Å². The van der Waals surface area contributed by atoms with Crippen LogP contribution < -0.4 is 5.73 Å². The van der Waals surface area contributed by atoms with Gasteiger partial charge in [0.2, 0.25) is 0 Å². The first-order valence-corrected chi connectivity index (χ1v) is 7.99. The van der Waals surface area contributed by atoms with Gasteiger partial charge in [-0.25, -0.2) is 8.42 Å². The molecule has 1 fully saturated rings. The van der Waals surface area contributed by atoms with Gasteiger partial charge in [0.05, 0.1) is 0 Å². The van der Waals surface area contributed by atoms with Crippen LogP contribution in [-0.2, 0) is 10.0 Å². The molecule has 0 radical (unpaired) electrons. The van der Waals surface area contributed by atoms with E-state index in [4.69, 9.17) is 5.73 Å². The number of thiophene rings is 1. The summed E-state index contributed by atoms with van der Waals surface area (Å²) in [6.45, 7) is 4.81. The molecule has 1 aliphatic heterocycles. The van der Waals surface area contributed by atoms with Crippen molar-refractivity contribution < 1.29 is 8.42 Å². The minimum Gasteiger partial charge on any atom is -0.327 e. The molecule has 17 heavy (non-hydrogen) atoms. The first-order chi connectivity index (χ1) is 7.91. The van der Waals surface area contributed by atoms with Crippen molar-refractivity contribution >= 4 is 21.4 Å². The highest BCUT2D eigenvalue weighted by molar-refractivity contribution is 7.91. The van der Waals surface area contributed by atoms with Crippen molar-refractivity contribution in [3.63, 3.8) is 0 Å². The van der Waals surface area contributed by atoms with E-state index in [1.807, 2.05) is 19.9 Å². The third-order valence-corrected chi connectivity index (χ3v) is 6.62. The smallest absolute Gasteiger partial charge is 0.252 e. The van der Waals surface area contributed by atoms with Gasteiger partial charge in [0, 0.05) is 24.0 Å². The second-order valence-electron chi connectivity index (χ2n) is 4.59. The molecule has 0 spiro atoms. The van der Waals surface area contributed by atoms with Crippen LogP contribution in [0.1, 0.15) is 23.3 Å². The molecule has 6 heteroatoms. The van der Waals surface area contributed by atoms with Crippen molar-refractivity contribution in [2.75, 3.05) is 13.1 Å². The van der Waals surface area contributed by atoms with Crippen LogP contribution in [0.15, 0.2) is 10.3 Å². The van der Waals surface area contributed by atoms with E-state index >= 15 is 0 Å². The average molecular weight is 274 g/mol. The van der Waals surface area contributed by atoms with Crippen LogP contribution >= 0.6 is 11.3 Å². The van der Waals surface area contributed by atoms with E-state index in [0.29, 0.717) is 17.3 Å². The Morgan fingerprint density at radius 1 is 1.47 bits per heavy atom. The van der Waals surface area contributed by atoms with Crippen LogP contribution in [0, 0.1) is 13.8 Å². The third-order valence-electron chi connectivity index (χ3n) is 2.99. The Balaban J connectivity index is 2.33. The topological polar surface area (TPSA) is 63.4 Å².